The highest BCUT2D eigenvalue weighted by Crippen LogP contribution is 2.21. The van der Waals surface area contributed by atoms with Crippen LogP contribution in [0.5, 0.6) is 0 Å². The van der Waals surface area contributed by atoms with Crippen LogP contribution in [0.4, 0.5) is 0 Å². The van der Waals surface area contributed by atoms with Crippen molar-refractivity contribution in [2.75, 3.05) is 13.1 Å². The number of aromatic nitrogens is 2. The van der Waals surface area contributed by atoms with E-state index in [9.17, 15) is 14.4 Å². The maximum absolute atomic E-state index is 12.3. The molecule has 2 rings (SSSR count). The van der Waals surface area contributed by atoms with Crippen LogP contribution in [-0.2, 0) is 22.6 Å². The number of carbonyl (C=O) groups is 3. The summed E-state index contributed by atoms with van der Waals surface area (Å²) in [6.07, 6.45) is 2.12. The Hall–Kier alpha value is -2.18. The molecule has 1 aliphatic rings. The molecule has 0 aliphatic carbocycles. The molecule has 1 aromatic heterocycles. The number of ketones is 1. The number of nitrogens with one attached hydrogen (secondary N) is 2. The number of H-pyrrole nitrogens is 1. The molecule has 1 aliphatic heterocycles. The first kappa shape index (κ1) is 18.2. The SMILES string of the molecule is CCC(C)CNC(=O)c1n[nH]c2c1CN(C(=O)CCC(C)=O)CC2. The van der Waals surface area contributed by atoms with Crippen LogP contribution >= 0.6 is 0 Å². The summed E-state index contributed by atoms with van der Waals surface area (Å²) in [6.45, 7) is 7.21. The van der Waals surface area contributed by atoms with Crippen LogP contribution in [0.2, 0.25) is 0 Å². The van der Waals surface area contributed by atoms with Gasteiger partial charge in [0.2, 0.25) is 5.91 Å². The molecule has 1 unspecified atom stereocenters. The van der Waals surface area contributed by atoms with E-state index >= 15 is 0 Å². The molecule has 1 aromatic rings. The van der Waals surface area contributed by atoms with Gasteiger partial charge in [0.15, 0.2) is 5.69 Å². The second kappa shape index (κ2) is 8.08. The van der Waals surface area contributed by atoms with Crippen molar-refractivity contribution in [3.05, 3.63) is 17.0 Å². The molecule has 0 radical (unpaired) electrons. The quantitative estimate of drug-likeness (QED) is 0.789. The van der Waals surface area contributed by atoms with E-state index in [-0.39, 0.29) is 30.4 Å². The molecule has 2 heterocycles. The van der Waals surface area contributed by atoms with E-state index in [1.807, 2.05) is 0 Å². The number of rotatable bonds is 7. The maximum Gasteiger partial charge on any atom is 0.272 e. The number of Topliss-reactive ketones (excluding diaryl/α,β-unsaturated/α-hetero) is 1. The Morgan fingerprint density at radius 1 is 1.33 bits per heavy atom. The van der Waals surface area contributed by atoms with Gasteiger partial charge in [-0.05, 0) is 12.8 Å². The summed E-state index contributed by atoms with van der Waals surface area (Å²) in [4.78, 5) is 37.3. The summed E-state index contributed by atoms with van der Waals surface area (Å²) < 4.78 is 0. The molecular weight excluding hydrogens is 308 g/mol. The highest BCUT2D eigenvalue weighted by Gasteiger charge is 2.27. The van der Waals surface area contributed by atoms with Crippen molar-refractivity contribution < 1.29 is 14.4 Å². The zero-order chi connectivity index (χ0) is 17.7. The van der Waals surface area contributed by atoms with Crippen LogP contribution in [0, 0.1) is 5.92 Å². The number of nitrogens with zero attached hydrogens (tertiary/aromatic N) is 2. The zero-order valence-electron chi connectivity index (χ0n) is 14.6. The molecule has 1 atom stereocenters. The average Bonchev–Trinajstić information content (AvgIpc) is 3.00. The first-order valence-corrected chi connectivity index (χ1v) is 8.53. The summed E-state index contributed by atoms with van der Waals surface area (Å²) in [7, 11) is 0. The fourth-order valence-electron chi connectivity index (χ4n) is 2.63. The smallest absolute Gasteiger partial charge is 0.272 e. The van der Waals surface area contributed by atoms with Crippen molar-refractivity contribution in [3.63, 3.8) is 0 Å². The fourth-order valence-corrected chi connectivity index (χ4v) is 2.63. The van der Waals surface area contributed by atoms with Gasteiger partial charge in [-0.2, -0.15) is 5.10 Å². The third-order valence-corrected chi connectivity index (χ3v) is 4.50. The number of carbonyl (C=O) groups excluding carboxylic acids is 3. The lowest BCUT2D eigenvalue weighted by Gasteiger charge is -2.27. The highest BCUT2D eigenvalue weighted by atomic mass is 16.2. The van der Waals surface area contributed by atoms with E-state index in [0.29, 0.717) is 37.7 Å². The van der Waals surface area contributed by atoms with Gasteiger partial charge < -0.3 is 15.0 Å². The highest BCUT2D eigenvalue weighted by molar-refractivity contribution is 5.94. The summed E-state index contributed by atoms with van der Waals surface area (Å²) in [5.74, 6) is 0.164. The van der Waals surface area contributed by atoms with E-state index in [2.05, 4.69) is 29.4 Å². The predicted molar refractivity (Wildman–Crippen MR) is 89.4 cm³/mol. The van der Waals surface area contributed by atoms with E-state index in [1.165, 1.54) is 6.92 Å². The largest absolute Gasteiger partial charge is 0.350 e. The van der Waals surface area contributed by atoms with Crippen LogP contribution < -0.4 is 5.32 Å². The number of fused-ring (bicyclic) bond motifs is 1. The van der Waals surface area contributed by atoms with Gasteiger partial charge in [0, 0.05) is 50.2 Å². The van der Waals surface area contributed by atoms with E-state index in [4.69, 9.17) is 0 Å². The second-order valence-corrected chi connectivity index (χ2v) is 6.52. The molecule has 0 aromatic carbocycles. The van der Waals surface area contributed by atoms with Crippen LogP contribution in [0.15, 0.2) is 0 Å². The van der Waals surface area contributed by atoms with Crippen molar-refractivity contribution in [1.29, 1.82) is 0 Å². The lowest BCUT2D eigenvalue weighted by molar-refractivity contribution is -0.133. The molecule has 24 heavy (non-hydrogen) atoms. The topological polar surface area (TPSA) is 95.2 Å². The minimum atomic E-state index is -0.203. The Kier molecular flexibility index (Phi) is 6.11. The molecule has 0 fully saturated rings. The van der Waals surface area contributed by atoms with E-state index < -0.39 is 0 Å². The Morgan fingerprint density at radius 3 is 2.75 bits per heavy atom. The molecule has 7 nitrogen and oxygen atoms in total. The Balaban J connectivity index is 2.02. The minimum Gasteiger partial charge on any atom is -0.350 e. The minimum absolute atomic E-state index is 0.00877. The number of hydrogen-bond acceptors (Lipinski definition) is 4. The van der Waals surface area contributed by atoms with Gasteiger partial charge in [0.05, 0.1) is 0 Å². The van der Waals surface area contributed by atoms with Gasteiger partial charge in [-0.25, -0.2) is 0 Å². The fraction of sp³-hybridized carbons (Fsp3) is 0.647. The van der Waals surface area contributed by atoms with Gasteiger partial charge >= 0.3 is 0 Å². The predicted octanol–water partition coefficient (Wildman–Crippen LogP) is 1.44. The normalized spacial score (nSPS) is 14.9. The Bertz CT molecular complexity index is 623. The summed E-state index contributed by atoms with van der Waals surface area (Å²) in [6, 6.07) is 0. The van der Waals surface area contributed by atoms with Crippen molar-refractivity contribution in [3.8, 4) is 0 Å². The average molecular weight is 334 g/mol. The van der Waals surface area contributed by atoms with Crippen molar-refractivity contribution in [2.24, 2.45) is 5.92 Å². The molecule has 0 bridgehead atoms. The van der Waals surface area contributed by atoms with Crippen LogP contribution in [0.1, 0.15) is 61.8 Å². The summed E-state index contributed by atoms with van der Waals surface area (Å²) in [5.41, 5.74) is 2.08. The zero-order valence-corrected chi connectivity index (χ0v) is 14.6. The maximum atomic E-state index is 12.3. The van der Waals surface area contributed by atoms with Crippen molar-refractivity contribution in [1.82, 2.24) is 20.4 Å². The van der Waals surface area contributed by atoms with Crippen LogP contribution in [-0.4, -0.2) is 45.8 Å². The number of amides is 2. The summed E-state index contributed by atoms with van der Waals surface area (Å²) in [5, 5.41) is 9.96. The van der Waals surface area contributed by atoms with Crippen molar-refractivity contribution in [2.45, 2.75) is 53.0 Å². The van der Waals surface area contributed by atoms with Crippen LogP contribution in [0.3, 0.4) is 0 Å². The van der Waals surface area contributed by atoms with Gasteiger partial charge in [0.25, 0.3) is 5.91 Å². The summed E-state index contributed by atoms with van der Waals surface area (Å²) >= 11 is 0. The standard InChI is InChI=1S/C17H26N4O3/c1-4-11(2)9-18-17(24)16-13-10-21(8-7-14(13)19-20-16)15(23)6-5-12(3)22/h11H,4-10H2,1-3H3,(H,18,24)(H,19,20). The number of hydrogen-bond donors (Lipinski definition) is 2. The second-order valence-electron chi connectivity index (χ2n) is 6.52. The molecule has 132 valence electrons. The molecule has 0 saturated carbocycles. The van der Waals surface area contributed by atoms with Gasteiger partial charge in [-0.1, -0.05) is 20.3 Å². The number of aromatic amines is 1. The molecule has 2 amide bonds. The van der Waals surface area contributed by atoms with Gasteiger partial charge in [-0.3, -0.25) is 14.7 Å². The van der Waals surface area contributed by atoms with Gasteiger partial charge in [-0.15, -0.1) is 0 Å². The third-order valence-electron chi connectivity index (χ3n) is 4.50. The lowest BCUT2D eigenvalue weighted by atomic mass is 10.0. The lowest BCUT2D eigenvalue weighted by Crippen LogP contribution is -2.37. The molecule has 7 heteroatoms. The first-order chi connectivity index (χ1) is 11.4. The molecule has 0 spiro atoms. The van der Waals surface area contributed by atoms with Crippen LogP contribution in [0.25, 0.3) is 0 Å². The molecule has 0 saturated heterocycles. The Labute approximate surface area is 142 Å². The Morgan fingerprint density at radius 2 is 2.08 bits per heavy atom. The molecule has 2 N–H and O–H groups in total. The van der Waals surface area contributed by atoms with Crippen molar-refractivity contribution >= 4 is 17.6 Å². The van der Waals surface area contributed by atoms with Gasteiger partial charge in [0.1, 0.15) is 5.78 Å². The van der Waals surface area contributed by atoms with E-state index in [0.717, 1.165) is 17.7 Å². The first-order valence-electron chi connectivity index (χ1n) is 8.53. The molecular formula is C17H26N4O3. The third kappa shape index (κ3) is 4.43. The monoisotopic (exact) mass is 334 g/mol. The van der Waals surface area contributed by atoms with E-state index in [1.54, 1.807) is 4.90 Å².